The van der Waals surface area contributed by atoms with E-state index in [0.717, 1.165) is 19.4 Å². The smallest absolute Gasteiger partial charge is 0.312 e. The zero-order chi connectivity index (χ0) is 15.4. The van der Waals surface area contributed by atoms with Gasteiger partial charge in [0.25, 0.3) is 0 Å². The molecule has 0 radical (unpaired) electrons. The second-order valence-electron chi connectivity index (χ2n) is 5.35. The number of hydrogen-bond donors (Lipinski definition) is 2. The molecule has 1 aromatic heterocycles. The molecule has 1 unspecified atom stereocenters. The van der Waals surface area contributed by atoms with Crippen molar-refractivity contribution in [3.63, 3.8) is 0 Å². The first-order valence-corrected chi connectivity index (χ1v) is 7.17. The largest absolute Gasteiger partial charge is 0.354 e. The van der Waals surface area contributed by atoms with E-state index < -0.39 is 4.92 Å². The predicted octanol–water partition coefficient (Wildman–Crippen LogP) is 1.09. The molecule has 124 valence electrons. The van der Waals surface area contributed by atoms with E-state index in [1.807, 2.05) is 0 Å². The number of aromatic nitrogens is 2. The molecule has 9 heteroatoms. The minimum atomic E-state index is -0.431. The maximum atomic E-state index is 11.8. The van der Waals surface area contributed by atoms with Crippen LogP contribution in [0, 0.1) is 24.0 Å². The highest BCUT2D eigenvalue weighted by Gasteiger charge is 2.22. The third-order valence-electron chi connectivity index (χ3n) is 3.78. The van der Waals surface area contributed by atoms with Gasteiger partial charge in [-0.25, -0.2) is 0 Å². The van der Waals surface area contributed by atoms with Crippen LogP contribution in [0.2, 0.25) is 0 Å². The van der Waals surface area contributed by atoms with E-state index in [2.05, 4.69) is 15.7 Å². The molecule has 1 aliphatic heterocycles. The van der Waals surface area contributed by atoms with Crippen molar-refractivity contribution in [1.29, 1.82) is 0 Å². The highest BCUT2D eigenvalue weighted by molar-refractivity contribution is 5.85. The number of carbonyl (C=O) groups is 1. The van der Waals surface area contributed by atoms with Crippen LogP contribution >= 0.6 is 12.4 Å². The van der Waals surface area contributed by atoms with Crippen molar-refractivity contribution in [2.24, 2.45) is 0 Å². The Hall–Kier alpha value is -1.67. The zero-order valence-corrected chi connectivity index (χ0v) is 13.6. The third-order valence-corrected chi connectivity index (χ3v) is 3.78. The molecule has 1 fully saturated rings. The maximum Gasteiger partial charge on any atom is 0.312 e. The molecule has 0 saturated carbocycles. The van der Waals surface area contributed by atoms with E-state index in [4.69, 9.17) is 0 Å². The van der Waals surface area contributed by atoms with Gasteiger partial charge < -0.3 is 10.6 Å². The second kappa shape index (κ2) is 8.09. The van der Waals surface area contributed by atoms with Gasteiger partial charge in [0.2, 0.25) is 5.91 Å². The number of hydrogen-bond acceptors (Lipinski definition) is 5. The van der Waals surface area contributed by atoms with Gasteiger partial charge in [0.05, 0.1) is 11.5 Å². The number of rotatable bonds is 6. The fourth-order valence-corrected chi connectivity index (χ4v) is 2.63. The Morgan fingerprint density at radius 1 is 1.55 bits per heavy atom. The minimum absolute atomic E-state index is 0. The predicted molar refractivity (Wildman–Crippen MR) is 84.3 cm³/mol. The van der Waals surface area contributed by atoms with Crippen LogP contribution < -0.4 is 10.6 Å². The van der Waals surface area contributed by atoms with E-state index >= 15 is 0 Å². The number of nitro groups is 1. The average Bonchev–Trinajstić information content (AvgIpc) is 3.02. The van der Waals surface area contributed by atoms with Crippen molar-refractivity contribution in [2.75, 3.05) is 13.1 Å². The summed E-state index contributed by atoms with van der Waals surface area (Å²) in [6.45, 7) is 5.25. The SMILES string of the molecule is Cc1nn(CCC(=O)NCC2CCCN2)c(C)c1[N+](=O)[O-].Cl. The Labute approximate surface area is 135 Å². The molecule has 8 nitrogen and oxygen atoms in total. The zero-order valence-electron chi connectivity index (χ0n) is 12.8. The Morgan fingerprint density at radius 3 is 2.82 bits per heavy atom. The van der Waals surface area contributed by atoms with E-state index in [1.54, 1.807) is 13.8 Å². The number of nitrogens with zero attached hydrogens (tertiary/aromatic N) is 3. The van der Waals surface area contributed by atoms with Gasteiger partial charge in [-0.2, -0.15) is 5.10 Å². The van der Waals surface area contributed by atoms with Gasteiger partial charge in [-0.3, -0.25) is 19.6 Å². The van der Waals surface area contributed by atoms with Crippen molar-refractivity contribution >= 4 is 24.0 Å². The molecule has 1 aromatic rings. The molecule has 1 amide bonds. The molecule has 2 N–H and O–H groups in total. The topological polar surface area (TPSA) is 102 Å². The van der Waals surface area contributed by atoms with Crippen LogP contribution in [0.4, 0.5) is 5.69 Å². The summed E-state index contributed by atoms with van der Waals surface area (Å²) in [7, 11) is 0. The molecule has 0 bridgehead atoms. The van der Waals surface area contributed by atoms with Crippen LogP contribution in [0.1, 0.15) is 30.7 Å². The lowest BCUT2D eigenvalue weighted by atomic mass is 10.2. The quantitative estimate of drug-likeness (QED) is 0.600. The average molecular weight is 332 g/mol. The monoisotopic (exact) mass is 331 g/mol. The summed E-state index contributed by atoms with van der Waals surface area (Å²) in [5.74, 6) is -0.0566. The lowest BCUT2D eigenvalue weighted by Crippen LogP contribution is -2.37. The Bertz CT molecular complexity index is 540. The molecular formula is C13H22ClN5O3. The maximum absolute atomic E-state index is 11.8. The van der Waals surface area contributed by atoms with Crippen LogP contribution in [0.5, 0.6) is 0 Å². The fourth-order valence-electron chi connectivity index (χ4n) is 2.63. The number of halogens is 1. The van der Waals surface area contributed by atoms with Gasteiger partial charge in [-0.15, -0.1) is 12.4 Å². The summed E-state index contributed by atoms with van der Waals surface area (Å²) in [4.78, 5) is 22.3. The van der Waals surface area contributed by atoms with Gasteiger partial charge in [-0.05, 0) is 33.2 Å². The Kier molecular flexibility index (Phi) is 6.76. The third kappa shape index (κ3) is 4.41. The van der Waals surface area contributed by atoms with Gasteiger partial charge in [0.1, 0.15) is 11.4 Å². The number of aryl methyl sites for hydroxylation is 2. The molecular weight excluding hydrogens is 310 g/mol. The normalized spacial score (nSPS) is 17.1. The molecule has 22 heavy (non-hydrogen) atoms. The van der Waals surface area contributed by atoms with E-state index in [1.165, 1.54) is 4.68 Å². The van der Waals surface area contributed by atoms with Gasteiger partial charge in [0.15, 0.2) is 0 Å². The Morgan fingerprint density at radius 2 is 2.27 bits per heavy atom. The standard InChI is InChI=1S/C13H21N5O3.ClH/c1-9-13(18(20)21)10(2)17(16-9)7-5-12(19)15-8-11-4-3-6-14-11;/h11,14H,3-8H2,1-2H3,(H,15,19);1H. The van der Waals surface area contributed by atoms with Crippen molar-refractivity contribution in [1.82, 2.24) is 20.4 Å². The first kappa shape index (κ1) is 18.4. The number of nitrogens with one attached hydrogen (secondary N) is 2. The summed E-state index contributed by atoms with van der Waals surface area (Å²) < 4.78 is 1.53. The molecule has 1 aliphatic rings. The summed E-state index contributed by atoms with van der Waals surface area (Å²) in [5, 5.41) is 21.2. The van der Waals surface area contributed by atoms with Gasteiger partial charge in [0, 0.05) is 19.0 Å². The first-order valence-electron chi connectivity index (χ1n) is 7.17. The van der Waals surface area contributed by atoms with Gasteiger partial charge >= 0.3 is 5.69 Å². The molecule has 1 atom stereocenters. The van der Waals surface area contributed by atoms with E-state index in [-0.39, 0.29) is 30.4 Å². The molecule has 0 aromatic carbocycles. The molecule has 1 saturated heterocycles. The van der Waals surface area contributed by atoms with Crippen LogP contribution in [0.15, 0.2) is 0 Å². The van der Waals surface area contributed by atoms with Crippen molar-refractivity contribution < 1.29 is 9.72 Å². The molecule has 2 heterocycles. The summed E-state index contributed by atoms with van der Waals surface area (Å²) >= 11 is 0. The van der Waals surface area contributed by atoms with E-state index in [0.29, 0.717) is 30.5 Å². The van der Waals surface area contributed by atoms with Crippen LogP contribution in [0.3, 0.4) is 0 Å². The highest BCUT2D eigenvalue weighted by atomic mass is 35.5. The second-order valence-corrected chi connectivity index (χ2v) is 5.35. The summed E-state index contributed by atoms with van der Waals surface area (Å²) in [5.41, 5.74) is 0.904. The van der Waals surface area contributed by atoms with Crippen molar-refractivity contribution in [3.8, 4) is 0 Å². The van der Waals surface area contributed by atoms with E-state index in [9.17, 15) is 14.9 Å². The van der Waals surface area contributed by atoms with Crippen molar-refractivity contribution in [3.05, 3.63) is 21.5 Å². The summed E-state index contributed by atoms with van der Waals surface area (Å²) in [6, 6.07) is 0.365. The molecule has 0 aliphatic carbocycles. The highest BCUT2D eigenvalue weighted by Crippen LogP contribution is 2.21. The Balaban J connectivity index is 0.00000242. The number of carbonyl (C=O) groups excluding carboxylic acids is 1. The first-order chi connectivity index (χ1) is 9.99. The number of amides is 1. The van der Waals surface area contributed by atoms with Crippen molar-refractivity contribution in [2.45, 2.75) is 45.7 Å². The fraction of sp³-hybridized carbons (Fsp3) is 0.692. The molecule has 0 spiro atoms. The van der Waals surface area contributed by atoms with Crippen LogP contribution in [-0.2, 0) is 11.3 Å². The summed E-state index contributed by atoms with van der Waals surface area (Å²) in [6.07, 6.45) is 2.51. The van der Waals surface area contributed by atoms with Gasteiger partial charge in [-0.1, -0.05) is 0 Å². The van der Waals surface area contributed by atoms with Crippen LogP contribution in [0.25, 0.3) is 0 Å². The van der Waals surface area contributed by atoms with Crippen LogP contribution in [-0.4, -0.2) is 39.7 Å². The molecule has 2 rings (SSSR count). The lowest BCUT2D eigenvalue weighted by Gasteiger charge is -2.11. The lowest BCUT2D eigenvalue weighted by molar-refractivity contribution is -0.386. The minimum Gasteiger partial charge on any atom is -0.354 e.